The quantitative estimate of drug-likeness (QED) is 0.671. The maximum Gasteiger partial charge on any atom is 0.126 e. The smallest absolute Gasteiger partial charge is 0.126 e. The summed E-state index contributed by atoms with van der Waals surface area (Å²) in [4.78, 5) is 0. The number of nitrogens with one attached hydrogen (secondary N) is 1. The number of aryl methyl sites for hydroxylation is 1. The fourth-order valence-corrected chi connectivity index (χ4v) is 2.22. The van der Waals surface area contributed by atoms with Gasteiger partial charge in [0, 0.05) is 23.3 Å². The molecule has 2 aromatic rings. The van der Waals surface area contributed by atoms with Crippen molar-refractivity contribution in [1.82, 2.24) is 15.2 Å². The minimum atomic E-state index is -0.234. The average Bonchev–Trinajstić information content (AvgIpc) is 2.77. The highest BCUT2D eigenvalue weighted by molar-refractivity contribution is 9.10. The van der Waals surface area contributed by atoms with Crippen LogP contribution in [-0.4, -0.2) is 9.78 Å². The van der Waals surface area contributed by atoms with E-state index in [1.54, 1.807) is 23.0 Å². The number of hydrogen-bond donors (Lipinski definition) is 2. The van der Waals surface area contributed by atoms with Gasteiger partial charge in [0.15, 0.2) is 0 Å². The van der Waals surface area contributed by atoms with Crippen molar-refractivity contribution in [3.63, 3.8) is 0 Å². The summed E-state index contributed by atoms with van der Waals surface area (Å²) in [5, 5.41) is 4.09. The van der Waals surface area contributed by atoms with Crippen molar-refractivity contribution < 1.29 is 4.39 Å². The van der Waals surface area contributed by atoms with Crippen LogP contribution in [0.15, 0.2) is 35.1 Å². The van der Waals surface area contributed by atoms with Gasteiger partial charge in [0.2, 0.25) is 0 Å². The molecule has 0 bridgehead atoms. The summed E-state index contributed by atoms with van der Waals surface area (Å²) in [6.45, 7) is 0. The Hall–Kier alpha value is -1.24. The average molecular weight is 313 g/mol. The molecule has 2 rings (SSSR count). The summed E-state index contributed by atoms with van der Waals surface area (Å²) >= 11 is 3.33. The van der Waals surface area contributed by atoms with Crippen molar-refractivity contribution in [3.05, 3.63) is 52.0 Å². The summed E-state index contributed by atoms with van der Waals surface area (Å²) < 4.78 is 16.2. The fraction of sp³-hybridized carbons (Fsp3) is 0.250. The van der Waals surface area contributed by atoms with Crippen LogP contribution in [0.5, 0.6) is 0 Å². The zero-order chi connectivity index (χ0) is 13.1. The lowest BCUT2D eigenvalue weighted by molar-refractivity contribution is 0.528. The Morgan fingerprint density at radius 3 is 2.94 bits per heavy atom. The third kappa shape index (κ3) is 2.95. The molecule has 4 nitrogen and oxygen atoms in total. The summed E-state index contributed by atoms with van der Waals surface area (Å²) in [6.07, 6.45) is 4.05. The molecule has 0 aliphatic heterocycles. The molecule has 0 amide bonds. The highest BCUT2D eigenvalue weighted by Gasteiger charge is 2.15. The molecule has 6 heteroatoms. The van der Waals surface area contributed by atoms with Crippen molar-refractivity contribution in [2.24, 2.45) is 12.9 Å². The molecule has 1 unspecified atom stereocenters. The van der Waals surface area contributed by atoms with Crippen molar-refractivity contribution in [3.8, 4) is 0 Å². The minimum Gasteiger partial charge on any atom is -0.275 e. The first kappa shape index (κ1) is 13.2. The molecule has 96 valence electrons. The van der Waals surface area contributed by atoms with E-state index < -0.39 is 0 Å². The van der Waals surface area contributed by atoms with Crippen LogP contribution >= 0.6 is 15.9 Å². The van der Waals surface area contributed by atoms with Gasteiger partial charge in [0.05, 0.1) is 12.2 Å². The largest absolute Gasteiger partial charge is 0.275 e. The molecule has 0 saturated carbocycles. The highest BCUT2D eigenvalue weighted by atomic mass is 79.9. The predicted octanol–water partition coefficient (Wildman–Crippen LogP) is 2.07. The number of aromatic nitrogens is 2. The monoisotopic (exact) mass is 312 g/mol. The molecule has 0 aliphatic rings. The molecule has 3 N–H and O–H groups in total. The Balaban J connectivity index is 2.22. The van der Waals surface area contributed by atoms with Crippen molar-refractivity contribution >= 4 is 15.9 Å². The zero-order valence-electron chi connectivity index (χ0n) is 9.90. The van der Waals surface area contributed by atoms with E-state index in [4.69, 9.17) is 5.84 Å². The van der Waals surface area contributed by atoms with Crippen LogP contribution in [0.25, 0.3) is 0 Å². The van der Waals surface area contributed by atoms with Crippen LogP contribution in [0.1, 0.15) is 17.2 Å². The standard InChI is InChI=1S/C12H14BrFN4/c1-18-7-9(6-16-18)12(17-15)5-8-4-10(13)2-3-11(8)14/h2-4,6-7,12,17H,5,15H2,1H3. The molecule has 1 atom stereocenters. The first-order chi connectivity index (χ1) is 8.60. The van der Waals surface area contributed by atoms with Gasteiger partial charge in [0.1, 0.15) is 5.82 Å². The molecule has 0 saturated heterocycles. The summed E-state index contributed by atoms with van der Waals surface area (Å²) in [5.41, 5.74) is 4.23. The maximum atomic E-state index is 13.7. The SMILES string of the molecule is Cn1cc(C(Cc2cc(Br)ccc2F)NN)cn1. The molecule has 1 aromatic heterocycles. The van der Waals surface area contributed by atoms with Gasteiger partial charge in [-0.25, -0.2) is 4.39 Å². The van der Waals surface area contributed by atoms with Crippen LogP contribution in [-0.2, 0) is 13.5 Å². The lowest BCUT2D eigenvalue weighted by atomic mass is 10.0. The molecule has 18 heavy (non-hydrogen) atoms. The van der Waals surface area contributed by atoms with E-state index in [0.717, 1.165) is 10.0 Å². The van der Waals surface area contributed by atoms with Gasteiger partial charge in [-0.2, -0.15) is 5.10 Å². The van der Waals surface area contributed by atoms with Crippen LogP contribution in [0.2, 0.25) is 0 Å². The van der Waals surface area contributed by atoms with E-state index in [1.807, 2.05) is 13.2 Å². The fourth-order valence-electron chi connectivity index (χ4n) is 1.81. The van der Waals surface area contributed by atoms with Crippen molar-refractivity contribution in [2.45, 2.75) is 12.5 Å². The molecule has 0 aliphatic carbocycles. The normalized spacial score (nSPS) is 12.7. The molecule has 0 fully saturated rings. The van der Waals surface area contributed by atoms with Crippen LogP contribution < -0.4 is 11.3 Å². The second-order valence-electron chi connectivity index (χ2n) is 4.11. The number of nitrogens with zero attached hydrogens (tertiary/aromatic N) is 2. The summed E-state index contributed by atoms with van der Waals surface area (Å²) in [7, 11) is 1.83. The Labute approximate surface area is 113 Å². The highest BCUT2D eigenvalue weighted by Crippen LogP contribution is 2.22. The van der Waals surface area contributed by atoms with Crippen LogP contribution in [0, 0.1) is 5.82 Å². The van der Waals surface area contributed by atoms with E-state index >= 15 is 0 Å². The maximum absolute atomic E-state index is 13.7. The molecular formula is C12H14BrFN4. The summed E-state index contributed by atoms with van der Waals surface area (Å²) in [5.74, 6) is 5.29. The number of hydrogen-bond acceptors (Lipinski definition) is 3. The molecule has 0 spiro atoms. The topological polar surface area (TPSA) is 55.9 Å². The number of halogens is 2. The second kappa shape index (κ2) is 5.60. The number of rotatable bonds is 4. The van der Waals surface area contributed by atoms with Gasteiger partial charge in [-0.15, -0.1) is 0 Å². The minimum absolute atomic E-state index is 0.164. The Morgan fingerprint density at radius 1 is 1.56 bits per heavy atom. The molecule has 1 aromatic carbocycles. The molecular weight excluding hydrogens is 299 g/mol. The van der Waals surface area contributed by atoms with Gasteiger partial charge in [0.25, 0.3) is 0 Å². The predicted molar refractivity (Wildman–Crippen MR) is 71.1 cm³/mol. The molecule has 1 heterocycles. The first-order valence-corrected chi connectivity index (χ1v) is 6.28. The van der Waals surface area contributed by atoms with Gasteiger partial charge >= 0.3 is 0 Å². The van der Waals surface area contributed by atoms with Crippen molar-refractivity contribution in [1.29, 1.82) is 0 Å². The van der Waals surface area contributed by atoms with Gasteiger partial charge in [-0.05, 0) is 30.2 Å². The Morgan fingerprint density at radius 2 is 2.33 bits per heavy atom. The van der Waals surface area contributed by atoms with Crippen LogP contribution in [0.3, 0.4) is 0 Å². The molecule has 0 radical (unpaired) electrons. The van der Waals surface area contributed by atoms with E-state index in [-0.39, 0.29) is 11.9 Å². The number of benzene rings is 1. The van der Waals surface area contributed by atoms with Gasteiger partial charge < -0.3 is 0 Å². The zero-order valence-corrected chi connectivity index (χ0v) is 11.5. The number of nitrogens with two attached hydrogens (primary N) is 1. The van der Waals surface area contributed by atoms with Crippen LogP contribution in [0.4, 0.5) is 4.39 Å². The van der Waals surface area contributed by atoms with E-state index in [9.17, 15) is 4.39 Å². The third-order valence-corrected chi connectivity index (χ3v) is 3.25. The van der Waals surface area contributed by atoms with Crippen molar-refractivity contribution in [2.75, 3.05) is 0 Å². The van der Waals surface area contributed by atoms with E-state index in [0.29, 0.717) is 12.0 Å². The summed E-state index contributed by atoms with van der Waals surface area (Å²) in [6, 6.07) is 4.71. The van der Waals surface area contributed by atoms with E-state index in [2.05, 4.69) is 26.5 Å². The lowest BCUT2D eigenvalue weighted by Crippen LogP contribution is -2.29. The second-order valence-corrected chi connectivity index (χ2v) is 5.02. The Bertz CT molecular complexity index is 541. The van der Waals surface area contributed by atoms with Gasteiger partial charge in [-0.1, -0.05) is 15.9 Å². The third-order valence-electron chi connectivity index (χ3n) is 2.76. The first-order valence-electron chi connectivity index (χ1n) is 5.48. The van der Waals surface area contributed by atoms with E-state index in [1.165, 1.54) is 6.07 Å². The van der Waals surface area contributed by atoms with Gasteiger partial charge in [-0.3, -0.25) is 16.0 Å². The number of hydrazine groups is 1. The Kier molecular flexibility index (Phi) is 4.11. The lowest BCUT2D eigenvalue weighted by Gasteiger charge is -2.14.